The third kappa shape index (κ3) is 6.29. The van der Waals surface area contributed by atoms with Gasteiger partial charge in [0.15, 0.2) is 0 Å². The van der Waals surface area contributed by atoms with E-state index in [0.29, 0.717) is 30.9 Å². The van der Waals surface area contributed by atoms with Crippen LogP contribution in [0, 0.1) is 12.7 Å². The van der Waals surface area contributed by atoms with Gasteiger partial charge in [-0.05, 0) is 73.9 Å². The molecule has 1 fully saturated rings. The van der Waals surface area contributed by atoms with Crippen LogP contribution in [0.15, 0.2) is 66.7 Å². The van der Waals surface area contributed by atoms with Crippen molar-refractivity contribution in [2.45, 2.75) is 32.4 Å². The molecule has 6 nitrogen and oxygen atoms in total. The van der Waals surface area contributed by atoms with E-state index in [-0.39, 0.29) is 17.6 Å². The maximum Gasteiger partial charge on any atom is 0.255 e. The third-order valence-corrected chi connectivity index (χ3v) is 6.27. The molecule has 1 aliphatic heterocycles. The largest absolute Gasteiger partial charge is 0.377 e. The summed E-state index contributed by atoms with van der Waals surface area (Å²) in [5.74, 6) is -0.927. The summed E-state index contributed by atoms with van der Waals surface area (Å²) in [7, 11) is 3.88. The van der Waals surface area contributed by atoms with Crippen LogP contribution in [0.1, 0.15) is 44.7 Å². The summed E-state index contributed by atoms with van der Waals surface area (Å²) in [5.41, 5.74) is 4.29. The summed E-state index contributed by atoms with van der Waals surface area (Å²) in [5, 5.41) is 2.85. The fraction of sp³-hybridized carbons (Fsp3) is 0.310. The quantitative estimate of drug-likeness (QED) is 0.468. The zero-order chi connectivity index (χ0) is 25.7. The molecule has 1 atom stereocenters. The number of aryl methyl sites for hydroxylation is 1. The smallest absolute Gasteiger partial charge is 0.255 e. The molecule has 3 aromatic carbocycles. The van der Waals surface area contributed by atoms with Crippen LogP contribution in [0.3, 0.4) is 0 Å². The van der Waals surface area contributed by atoms with Crippen LogP contribution in [-0.2, 0) is 11.3 Å². The van der Waals surface area contributed by atoms with Gasteiger partial charge in [-0.15, -0.1) is 0 Å². The Kier molecular flexibility index (Phi) is 8.00. The lowest BCUT2D eigenvalue weighted by Crippen LogP contribution is -2.37. The molecule has 1 N–H and O–H groups in total. The fourth-order valence-corrected chi connectivity index (χ4v) is 4.48. The number of anilines is 2. The van der Waals surface area contributed by atoms with E-state index >= 15 is 0 Å². The second-order valence-electron chi connectivity index (χ2n) is 9.39. The zero-order valence-corrected chi connectivity index (χ0v) is 21.0. The van der Waals surface area contributed by atoms with E-state index in [1.165, 1.54) is 18.2 Å². The molecule has 0 aliphatic carbocycles. The zero-order valence-electron chi connectivity index (χ0n) is 21.0. The average molecular weight is 490 g/mol. The maximum atomic E-state index is 13.6. The summed E-state index contributed by atoms with van der Waals surface area (Å²) < 4.78 is 19.4. The second-order valence-corrected chi connectivity index (χ2v) is 9.39. The normalized spacial score (nSPS) is 14.9. The summed E-state index contributed by atoms with van der Waals surface area (Å²) >= 11 is 0. The molecular formula is C29H32FN3O3. The van der Waals surface area contributed by atoms with Gasteiger partial charge in [0.25, 0.3) is 11.8 Å². The monoisotopic (exact) mass is 489 g/mol. The number of nitrogens with zero attached hydrogens (tertiary/aromatic N) is 2. The fourth-order valence-electron chi connectivity index (χ4n) is 4.48. The highest BCUT2D eigenvalue weighted by Crippen LogP contribution is 2.27. The number of benzene rings is 3. The molecule has 188 valence electrons. The van der Waals surface area contributed by atoms with Crippen molar-refractivity contribution in [2.75, 3.05) is 37.5 Å². The number of nitrogens with one attached hydrogen (secondary N) is 1. The molecular weight excluding hydrogens is 457 g/mol. The Bertz CT molecular complexity index is 1240. The highest BCUT2D eigenvalue weighted by Gasteiger charge is 2.25. The standard InChI is InChI=1S/C29H32FN3O3/c1-20-7-4-9-22(15-20)29(35)33(19-26-11-6-14-36-26)18-23-17-25(12-13-27(23)32(2)3)31-28(34)21-8-5-10-24(30)16-21/h4-5,7-10,12-13,15-17,26H,6,11,14,18-19H2,1-3H3,(H,31,34). The van der Waals surface area contributed by atoms with Crippen LogP contribution in [0.5, 0.6) is 0 Å². The summed E-state index contributed by atoms with van der Waals surface area (Å²) in [6.45, 7) is 3.52. The lowest BCUT2D eigenvalue weighted by atomic mass is 10.1. The van der Waals surface area contributed by atoms with E-state index in [1.54, 1.807) is 6.07 Å². The molecule has 2 amide bonds. The van der Waals surface area contributed by atoms with Gasteiger partial charge >= 0.3 is 0 Å². The lowest BCUT2D eigenvalue weighted by molar-refractivity contribution is 0.0507. The molecule has 0 aromatic heterocycles. The van der Waals surface area contributed by atoms with Crippen LogP contribution >= 0.6 is 0 Å². The summed E-state index contributed by atoms with van der Waals surface area (Å²) in [6.07, 6.45) is 1.90. The van der Waals surface area contributed by atoms with Gasteiger partial charge in [0.2, 0.25) is 0 Å². The first kappa shape index (κ1) is 25.4. The molecule has 1 heterocycles. The first-order valence-electron chi connectivity index (χ1n) is 12.1. The van der Waals surface area contributed by atoms with Crippen molar-refractivity contribution in [1.82, 2.24) is 4.90 Å². The Morgan fingerprint density at radius 3 is 2.50 bits per heavy atom. The van der Waals surface area contributed by atoms with Gasteiger partial charge in [-0.1, -0.05) is 23.8 Å². The first-order chi connectivity index (χ1) is 17.3. The van der Waals surface area contributed by atoms with Crippen LogP contribution in [0.2, 0.25) is 0 Å². The van der Waals surface area contributed by atoms with E-state index in [4.69, 9.17) is 4.74 Å². The number of carbonyl (C=O) groups is 2. The first-order valence-corrected chi connectivity index (χ1v) is 12.1. The van der Waals surface area contributed by atoms with Gasteiger partial charge in [-0.2, -0.15) is 0 Å². The van der Waals surface area contributed by atoms with Crippen molar-refractivity contribution in [3.05, 3.63) is 94.8 Å². The molecule has 1 saturated heterocycles. The number of hydrogen-bond acceptors (Lipinski definition) is 4. The molecule has 4 rings (SSSR count). The molecule has 7 heteroatoms. The minimum Gasteiger partial charge on any atom is -0.377 e. The Morgan fingerprint density at radius 1 is 1.03 bits per heavy atom. The Morgan fingerprint density at radius 2 is 1.81 bits per heavy atom. The highest BCUT2D eigenvalue weighted by molar-refractivity contribution is 6.04. The van der Waals surface area contributed by atoms with E-state index in [2.05, 4.69) is 5.32 Å². The van der Waals surface area contributed by atoms with Crippen LogP contribution in [-0.4, -0.2) is 50.1 Å². The Labute approximate surface area is 211 Å². The van der Waals surface area contributed by atoms with Gasteiger partial charge < -0.3 is 19.9 Å². The molecule has 0 spiro atoms. The highest BCUT2D eigenvalue weighted by atomic mass is 19.1. The van der Waals surface area contributed by atoms with Gasteiger partial charge in [-0.25, -0.2) is 4.39 Å². The lowest BCUT2D eigenvalue weighted by Gasteiger charge is -2.28. The van der Waals surface area contributed by atoms with Crippen molar-refractivity contribution in [3.8, 4) is 0 Å². The number of rotatable bonds is 8. The van der Waals surface area contributed by atoms with Gasteiger partial charge in [0.05, 0.1) is 6.10 Å². The predicted octanol–water partition coefficient (Wildman–Crippen LogP) is 5.27. The minimum atomic E-state index is -0.467. The molecule has 0 saturated carbocycles. The van der Waals surface area contributed by atoms with E-state index in [9.17, 15) is 14.0 Å². The Hall–Kier alpha value is -3.71. The van der Waals surface area contributed by atoms with E-state index < -0.39 is 11.7 Å². The third-order valence-electron chi connectivity index (χ3n) is 6.27. The van der Waals surface area contributed by atoms with E-state index in [1.807, 2.05) is 73.3 Å². The van der Waals surface area contributed by atoms with Crippen LogP contribution in [0.25, 0.3) is 0 Å². The number of hydrogen-bond donors (Lipinski definition) is 1. The molecule has 1 aliphatic rings. The average Bonchev–Trinajstić information content (AvgIpc) is 3.36. The molecule has 0 radical (unpaired) electrons. The second kappa shape index (κ2) is 11.4. The minimum absolute atomic E-state index is 0.00238. The molecule has 3 aromatic rings. The summed E-state index contributed by atoms with van der Waals surface area (Å²) in [6, 6.07) is 18.8. The van der Waals surface area contributed by atoms with Gasteiger partial charge in [0.1, 0.15) is 5.82 Å². The van der Waals surface area contributed by atoms with Crippen molar-refractivity contribution >= 4 is 23.2 Å². The number of amides is 2. The van der Waals surface area contributed by atoms with Crippen LogP contribution < -0.4 is 10.2 Å². The van der Waals surface area contributed by atoms with Gasteiger partial charge in [-0.3, -0.25) is 9.59 Å². The Balaban J connectivity index is 1.62. The van der Waals surface area contributed by atoms with Crippen molar-refractivity contribution in [2.24, 2.45) is 0 Å². The van der Waals surface area contributed by atoms with Gasteiger partial charge in [0, 0.05) is 56.3 Å². The SMILES string of the molecule is Cc1cccc(C(=O)N(Cc2cc(NC(=O)c3cccc(F)c3)ccc2N(C)C)CC2CCCO2)c1. The van der Waals surface area contributed by atoms with Crippen molar-refractivity contribution in [3.63, 3.8) is 0 Å². The summed E-state index contributed by atoms with van der Waals surface area (Å²) in [4.78, 5) is 30.1. The topological polar surface area (TPSA) is 61.9 Å². The van der Waals surface area contributed by atoms with Crippen LogP contribution in [0.4, 0.5) is 15.8 Å². The number of ether oxygens (including phenoxy) is 1. The maximum absolute atomic E-state index is 13.6. The van der Waals surface area contributed by atoms with E-state index in [0.717, 1.165) is 29.7 Å². The molecule has 36 heavy (non-hydrogen) atoms. The number of halogens is 1. The van der Waals surface area contributed by atoms with Crippen molar-refractivity contribution < 1.29 is 18.7 Å². The molecule has 0 bridgehead atoms. The predicted molar refractivity (Wildman–Crippen MR) is 140 cm³/mol. The van der Waals surface area contributed by atoms with Crippen molar-refractivity contribution in [1.29, 1.82) is 0 Å². The number of carbonyl (C=O) groups excluding carboxylic acids is 2. The molecule has 1 unspecified atom stereocenters.